The molecule has 2 saturated carbocycles. The molecule has 5 rings (SSSR count). The number of nitrogens with one attached hydrogen (secondary N) is 1. The van der Waals surface area contributed by atoms with E-state index < -0.39 is 0 Å². The molecule has 6 nitrogen and oxygen atoms in total. The summed E-state index contributed by atoms with van der Waals surface area (Å²) in [6.45, 7) is 5.16. The first kappa shape index (κ1) is 19.9. The molecule has 1 saturated heterocycles. The second kappa shape index (κ2) is 8.25. The molecule has 160 valence electrons. The van der Waals surface area contributed by atoms with Gasteiger partial charge in [0.1, 0.15) is 0 Å². The van der Waals surface area contributed by atoms with Crippen molar-refractivity contribution in [2.24, 2.45) is 5.92 Å². The molecule has 1 aromatic carbocycles. The lowest BCUT2D eigenvalue weighted by atomic mass is 9.96. The van der Waals surface area contributed by atoms with Crippen LogP contribution >= 0.6 is 11.8 Å². The number of anilines is 1. The Bertz CT molecular complexity index is 882. The molecule has 3 fully saturated rings. The largest absolute Gasteiger partial charge is 0.354 e. The summed E-state index contributed by atoms with van der Waals surface area (Å²) in [6, 6.07) is 11.1. The minimum atomic E-state index is 0.0842. The predicted molar refractivity (Wildman–Crippen MR) is 120 cm³/mol. The third-order valence-electron chi connectivity index (χ3n) is 6.82. The second-order valence-electron chi connectivity index (χ2n) is 9.27. The summed E-state index contributed by atoms with van der Waals surface area (Å²) in [6.07, 6.45) is 7.11. The van der Waals surface area contributed by atoms with E-state index in [4.69, 9.17) is 0 Å². The first-order chi connectivity index (χ1) is 14.6. The summed E-state index contributed by atoms with van der Waals surface area (Å²) in [4.78, 5) is 14.9. The van der Waals surface area contributed by atoms with Gasteiger partial charge in [-0.25, -0.2) is 0 Å². The third kappa shape index (κ3) is 4.22. The highest BCUT2D eigenvalue weighted by Crippen LogP contribution is 2.47. The molecule has 1 N–H and O–H groups in total. The Labute approximate surface area is 182 Å². The average molecular weight is 426 g/mol. The Hall–Kier alpha value is -2.02. The molecule has 1 aromatic heterocycles. The monoisotopic (exact) mass is 425 g/mol. The Morgan fingerprint density at radius 3 is 2.53 bits per heavy atom. The van der Waals surface area contributed by atoms with Crippen LogP contribution in [0.2, 0.25) is 0 Å². The first-order valence-electron chi connectivity index (χ1n) is 11.3. The zero-order valence-electron chi connectivity index (χ0n) is 17.7. The fourth-order valence-electron chi connectivity index (χ4n) is 4.40. The Kier molecular flexibility index (Phi) is 5.48. The number of amides is 1. The fraction of sp³-hybridized carbons (Fsp3) is 0.609. The number of carbonyl (C=O) groups is 1. The SMILES string of the molecule is CC1CCN(c2nnc(SCC(=O)NCC3(c4ccccc4)CC3)n2C2CC2)CC1. The maximum Gasteiger partial charge on any atom is 0.230 e. The molecule has 0 unspecified atom stereocenters. The maximum atomic E-state index is 12.6. The highest BCUT2D eigenvalue weighted by Gasteiger charge is 2.44. The van der Waals surface area contributed by atoms with Crippen LogP contribution < -0.4 is 10.2 Å². The number of nitrogens with zero attached hydrogens (tertiary/aromatic N) is 4. The summed E-state index contributed by atoms with van der Waals surface area (Å²) in [5, 5.41) is 13.1. The molecule has 2 aliphatic carbocycles. The van der Waals surface area contributed by atoms with Crippen LogP contribution in [0.5, 0.6) is 0 Å². The number of aromatic nitrogens is 3. The van der Waals surface area contributed by atoms with Gasteiger partial charge in [-0.1, -0.05) is 49.0 Å². The maximum absolute atomic E-state index is 12.6. The number of rotatable bonds is 8. The van der Waals surface area contributed by atoms with Crippen LogP contribution in [0, 0.1) is 5.92 Å². The van der Waals surface area contributed by atoms with Gasteiger partial charge in [-0.05, 0) is 50.0 Å². The van der Waals surface area contributed by atoms with E-state index in [1.54, 1.807) is 0 Å². The van der Waals surface area contributed by atoms with Crippen LogP contribution in [0.15, 0.2) is 35.5 Å². The van der Waals surface area contributed by atoms with E-state index in [-0.39, 0.29) is 11.3 Å². The van der Waals surface area contributed by atoms with Gasteiger partial charge < -0.3 is 10.2 Å². The van der Waals surface area contributed by atoms with Crippen molar-refractivity contribution in [3.63, 3.8) is 0 Å². The highest BCUT2D eigenvalue weighted by atomic mass is 32.2. The normalized spacial score (nSPS) is 20.9. The summed E-state index contributed by atoms with van der Waals surface area (Å²) in [7, 11) is 0. The lowest BCUT2D eigenvalue weighted by Gasteiger charge is -2.31. The number of thioether (sulfide) groups is 1. The van der Waals surface area contributed by atoms with Crippen molar-refractivity contribution in [2.75, 3.05) is 30.3 Å². The zero-order valence-corrected chi connectivity index (χ0v) is 18.5. The van der Waals surface area contributed by atoms with Crippen LogP contribution in [-0.2, 0) is 10.2 Å². The molecule has 0 atom stereocenters. The van der Waals surface area contributed by atoms with E-state index in [0.29, 0.717) is 11.8 Å². The van der Waals surface area contributed by atoms with E-state index in [1.807, 2.05) is 6.07 Å². The third-order valence-corrected chi connectivity index (χ3v) is 7.76. The lowest BCUT2D eigenvalue weighted by molar-refractivity contribution is -0.118. The molecule has 2 heterocycles. The van der Waals surface area contributed by atoms with Crippen molar-refractivity contribution < 1.29 is 4.79 Å². The van der Waals surface area contributed by atoms with Crippen molar-refractivity contribution in [3.8, 4) is 0 Å². The number of carbonyl (C=O) groups excluding carboxylic acids is 1. The van der Waals surface area contributed by atoms with Gasteiger partial charge in [-0.15, -0.1) is 10.2 Å². The van der Waals surface area contributed by atoms with Gasteiger partial charge >= 0.3 is 0 Å². The van der Waals surface area contributed by atoms with Gasteiger partial charge in [0.25, 0.3) is 0 Å². The van der Waals surface area contributed by atoms with Crippen molar-refractivity contribution in [2.45, 2.75) is 62.1 Å². The number of hydrogen-bond donors (Lipinski definition) is 1. The predicted octanol–water partition coefficient (Wildman–Crippen LogP) is 3.79. The van der Waals surface area contributed by atoms with Crippen molar-refractivity contribution in [1.82, 2.24) is 20.1 Å². The molecular formula is C23H31N5OS. The topological polar surface area (TPSA) is 63.1 Å². The van der Waals surface area contributed by atoms with Crippen LogP contribution in [0.4, 0.5) is 5.95 Å². The van der Waals surface area contributed by atoms with Gasteiger partial charge in [-0.2, -0.15) is 0 Å². The summed E-state index contributed by atoms with van der Waals surface area (Å²) >= 11 is 1.53. The molecule has 1 amide bonds. The van der Waals surface area contributed by atoms with Crippen LogP contribution in [0.25, 0.3) is 0 Å². The molecule has 0 radical (unpaired) electrons. The number of hydrogen-bond acceptors (Lipinski definition) is 5. The molecule has 0 bridgehead atoms. The molecular weight excluding hydrogens is 394 g/mol. The fourth-order valence-corrected chi connectivity index (χ4v) is 5.23. The van der Waals surface area contributed by atoms with Crippen molar-refractivity contribution in [1.29, 1.82) is 0 Å². The zero-order chi connectivity index (χ0) is 20.6. The van der Waals surface area contributed by atoms with E-state index in [2.05, 4.69) is 56.2 Å². The van der Waals surface area contributed by atoms with E-state index in [0.717, 1.165) is 49.5 Å². The molecule has 30 heavy (non-hydrogen) atoms. The van der Waals surface area contributed by atoms with Gasteiger partial charge in [0.05, 0.1) is 5.75 Å². The molecule has 3 aliphatic rings. The summed E-state index contributed by atoms with van der Waals surface area (Å²) < 4.78 is 2.29. The van der Waals surface area contributed by atoms with Crippen LogP contribution in [-0.4, -0.2) is 46.1 Å². The standard InChI is InChI=1S/C23H31N5OS/c1-17-9-13-27(14-10-17)21-25-26-22(28(21)19-7-8-19)30-15-20(29)24-16-23(11-12-23)18-5-3-2-4-6-18/h2-6,17,19H,7-16H2,1H3,(H,24,29). The summed E-state index contributed by atoms with van der Waals surface area (Å²) in [5.74, 6) is 2.28. The molecule has 2 aromatic rings. The van der Waals surface area contributed by atoms with E-state index >= 15 is 0 Å². The molecule has 0 spiro atoms. The Morgan fingerprint density at radius 1 is 1.13 bits per heavy atom. The van der Waals surface area contributed by atoms with Crippen molar-refractivity contribution in [3.05, 3.63) is 35.9 Å². The Balaban J connectivity index is 1.18. The number of piperidine rings is 1. The highest BCUT2D eigenvalue weighted by molar-refractivity contribution is 7.99. The van der Waals surface area contributed by atoms with Crippen LogP contribution in [0.3, 0.4) is 0 Å². The second-order valence-corrected chi connectivity index (χ2v) is 10.2. The quantitative estimate of drug-likeness (QED) is 0.652. The van der Waals surface area contributed by atoms with Gasteiger partial charge in [0, 0.05) is 31.1 Å². The van der Waals surface area contributed by atoms with E-state index in [9.17, 15) is 4.79 Å². The smallest absolute Gasteiger partial charge is 0.230 e. The minimum absolute atomic E-state index is 0.0842. The summed E-state index contributed by atoms with van der Waals surface area (Å²) in [5.41, 5.74) is 1.49. The van der Waals surface area contributed by atoms with Gasteiger partial charge in [0.2, 0.25) is 11.9 Å². The van der Waals surface area contributed by atoms with Crippen LogP contribution in [0.1, 0.15) is 57.1 Å². The lowest BCUT2D eigenvalue weighted by Crippen LogP contribution is -2.35. The Morgan fingerprint density at radius 2 is 1.87 bits per heavy atom. The molecule has 1 aliphatic heterocycles. The van der Waals surface area contributed by atoms with Gasteiger partial charge in [-0.3, -0.25) is 9.36 Å². The van der Waals surface area contributed by atoms with E-state index in [1.165, 1.54) is 43.0 Å². The average Bonchev–Trinajstić information content (AvgIpc) is 3.71. The van der Waals surface area contributed by atoms with Gasteiger partial charge in [0.15, 0.2) is 5.16 Å². The van der Waals surface area contributed by atoms with Crippen molar-refractivity contribution >= 4 is 23.6 Å². The molecule has 7 heteroatoms. The minimum Gasteiger partial charge on any atom is -0.354 e. The number of benzene rings is 1. The first-order valence-corrected chi connectivity index (χ1v) is 12.3.